The molecule has 5 fully saturated rings. The van der Waals surface area contributed by atoms with Crippen LogP contribution >= 0.6 is 11.3 Å². The molecule has 9 aromatic rings. The molecule has 6 heterocycles. The van der Waals surface area contributed by atoms with Crippen LogP contribution in [0.3, 0.4) is 0 Å². The summed E-state index contributed by atoms with van der Waals surface area (Å²) in [6.45, 7) is 24.0. The number of benzene rings is 3. The van der Waals surface area contributed by atoms with Crippen LogP contribution in [0.2, 0.25) is 0 Å². The first-order valence-electron chi connectivity index (χ1n) is 37.7. The molecule has 0 aliphatic heterocycles. The van der Waals surface area contributed by atoms with Gasteiger partial charge in [0.1, 0.15) is 29.8 Å². The van der Waals surface area contributed by atoms with Crippen molar-refractivity contribution in [2.75, 3.05) is 0 Å². The van der Waals surface area contributed by atoms with Gasteiger partial charge in [-0.1, -0.05) is 161 Å². The zero-order valence-electron chi connectivity index (χ0n) is 64.3. The summed E-state index contributed by atoms with van der Waals surface area (Å²) in [7, 11) is 2.02. The number of rotatable bonds is 19. The second-order valence-corrected chi connectivity index (χ2v) is 34.1. The minimum absolute atomic E-state index is 0. The molecule has 5 aliphatic rings. The molecule has 591 valence electrons. The first-order chi connectivity index (χ1) is 48.3. The molecule has 1 unspecified atom stereocenters. The van der Waals surface area contributed by atoms with Gasteiger partial charge in [-0.15, -0.1) is 12.1 Å². The average Bonchev–Trinajstić information content (AvgIpc) is 1.15. The van der Waals surface area contributed by atoms with Crippen molar-refractivity contribution in [2.24, 2.45) is 34.1 Å². The molecule has 5 aliphatic carbocycles. The van der Waals surface area contributed by atoms with Crippen molar-refractivity contribution in [3.05, 3.63) is 185 Å². The normalized spacial score (nSPS) is 17.3. The SMILES string of the molecule is CC1(Cc2ccnc(C(C)(C)O)c2)CCCC1.CC1(Cc2csc(Oc3[c-]cccc3)n2)CCCC1.CCC(c1ncc(-c2ncco2)c([S-])n1)C1(C)CCCCC1.CCC1(Cc2cc[c-]c(C(C)(C)c3coc(C)n3)c2)CCCC1.Cn1ccnc1-c1cc(CC2(C)CCCC2)ccc1[S-].[Ni].[Pd].[Pd].[Pt].[Rh]. The van der Waals surface area contributed by atoms with E-state index in [0.717, 1.165) is 76.0 Å². The van der Waals surface area contributed by atoms with Crippen LogP contribution in [-0.2, 0) is 167 Å². The van der Waals surface area contributed by atoms with Gasteiger partial charge >= 0.3 is 0 Å². The zero-order chi connectivity index (χ0) is 71.9. The summed E-state index contributed by atoms with van der Waals surface area (Å²) >= 11 is 12.5. The molecule has 6 aromatic heterocycles. The summed E-state index contributed by atoms with van der Waals surface area (Å²) in [5, 5.41) is 13.4. The van der Waals surface area contributed by atoms with E-state index in [1.807, 2.05) is 61.4 Å². The Kier molecular flexibility index (Phi) is 37.2. The predicted molar refractivity (Wildman–Crippen MR) is 413 cm³/mol. The monoisotopic (exact) mass is 1980 g/mol. The summed E-state index contributed by atoms with van der Waals surface area (Å²) < 4.78 is 18.5. The number of nitrogens with zero attached hydrogens (tertiary/aromatic N) is 8. The molecular formula is C86H112N8NiO4Pd2PtRhS3-4. The fourth-order valence-corrected chi connectivity index (χ4v) is 17.9. The summed E-state index contributed by atoms with van der Waals surface area (Å²) in [5.74, 6) is 4.16. The Morgan fingerprint density at radius 1 is 0.642 bits per heavy atom. The molecule has 1 atom stereocenters. The molecule has 20 heteroatoms. The second-order valence-electron chi connectivity index (χ2n) is 32.5. The number of oxazole rings is 2. The number of aliphatic hydroxyl groups is 1. The molecule has 14 rings (SSSR count). The van der Waals surface area contributed by atoms with Gasteiger partial charge in [0.05, 0.1) is 28.8 Å². The fourth-order valence-electron chi connectivity index (χ4n) is 16.7. The maximum Gasteiger partial charge on any atom is 0.276 e. The van der Waals surface area contributed by atoms with Gasteiger partial charge in [0.15, 0.2) is 5.89 Å². The number of hydrogen-bond acceptors (Lipinski definition) is 14. The van der Waals surface area contributed by atoms with Crippen molar-refractivity contribution < 1.29 is 117 Å². The van der Waals surface area contributed by atoms with Crippen molar-refractivity contribution in [1.29, 1.82) is 0 Å². The van der Waals surface area contributed by atoms with Crippen molar-refractivity contribution in [3.63, 3.8) is 0 Å². The number of hydrogen-bond donors (Lipinski definition) is 1. The Bertz CT molecular complexity index is 4040. The molecule has 0 bridgehead atoms. The molecule has 3 aromatic carbocycles. The molecule has 1 N–H and O–H groups in total. The van der Waals surface area contributed by atoms with Gasteiger partial charge in [-0.3, -0.25) is 9.97 Å². The summed E-state index contributed by atoms with van der Waals surface area (Å²) in [4.78, 5) is 32.1. The maximum absolute atomic E-state index is 9.98. The number of imidazole rings is 1. The van der Waals surface area contributed by atoms with E-state index in [4.69, 9.17) is 38.8 Å². The van der Waals surface area contributed by atoms with Gasteiger partial charge in [-0.25, -0.2) is 24.9 Å². The maximum atomic E-state index is 9.98. The summed E-state index contributed by atoms with van der Waals surface area (Å²) in [6.07, 6.45) is 47.4. The van der Waals surface area contributed by atoms with Gasteiger partial charge in [0.25, 0.3) is 5.19 Å². The summed E-state index contributed by atoms with van der Waals surface area (Å²) in [6, 6.07) is 31.4. The smallest absolute Gasteiger partial charge is 0.276 e. The first kappa shape index (κ1) is 93.1. The quantitative estimate of drug-likeness (QED) is 0.0354. The van der Waals surface area contributed by atoms with Crippen LogP contribution in [0.25, 0.3) is 22.8 Å². The van der Waals surface area contributed by atoms with Gasteiger partial charge < -0.3 is 48.5 Å². The van der Waals surface area contributed by atoms with Gasteiger partial charge in [0.2, 0.25) is 5.89 Å². The zero-order valence-corrected chi connectivity index (χ0v) is 74.7. The van der Waals surface area contributed by atoms with Crippen LogP contribution in [0.15, 0.2) is 140 Å². The Labute approximate surface area is 714 Å². The number of aromatic nitrogens is 8. The van der Waals surface area contributed by atoms with E-state index in [-0.39, 0.29) is 103 Å². The topological polar surface area (TPSA) is 151 Å². The Hall–Kier alpha value is -3.52. The third-order valence-corrected chi connectivity index (χ3v) is 24.5. The number of thiazole rings is 1. The van der Waals surface area contributed by atoms with Crippen molar-refractivity contribution in [2.45, 2.75) is 276 Å². The van der Waals surface area contributed by atoms with E-state index in [2.05, 4.69) is 156 Å². The number of ether oxygens (including phenoxy) is 1. The van der Waals surface area contributed by atoms with Gasteiger partial charge in [-0.05, 0) is 172 Å². The van der Waals surface area contributed by atoms with Crippen molar-refractivity contribution >= 4 is 36.6 Å². The second kappa shape index (κ2) is 42.4. The van der Waals surface area contributed by atoms with Crippen LogP contribution in [0.4, 0.5) is 0 Å². The van der Waals surface area contributed by atoms with E-state index in [1.54, 1.807) is 43.8 Å². The Balaban J connectivity index is 0.000000236. The first-order valence-corrected chi connectivity index (χ1v) is 39.4. The molecule has 5 saturated carbocycles. The van der Waals surface area contributed by atoms with Crippen LogP contribution in [-0.4, -0.2) is 44.6 Å². The molecule has 1 radical (unpaired) electrons. The average molecular weight is 1990 g/mol. The van der Waals surface area contributed by atoms with Crippen molar-refractivity contribution in [1.82, 2.24) is 39.5 Å². The van der Waals surface area contributed by atoms with Crippen LogP contribution in [0.5, 0.6) is 10.9 Å². The van der Waals surface area contributed by atoms with E-state index in [1.165, 1.54) is 182 Å². The van der Waals surface area contributed by atoms with E-state index < -0.39 is 5.60 Å². The standard InChI is InChI=1S/C21H28NO.C17H23N3OS.C17H22N2S.C16H18NOS.C15H23NO.Ni.2Pd.Pt.Rh/c1-5-21(11-6-7-12-21)14-17-9-8-10-18(13-17)20(3,4)19-15-23-16(2)22-19;1-3-13(17(2)7-5-4-6-8-17)14-19-11-12(16(22)20-14)15-18-9-10-21-15;1-17(7-3-4-8-17)12-13-5-6-15(20)14(11-13)16-18-9-10-19(16)2;1-16(9-5-6-10-16)11-13-12-19-15(17-13)18-14-7-3-2-4-8-14;1-14(2,17)13-10-12(6-9-16-13)11-15(3)7-4-5-8-15;;;;;/h8-9,13,15H,5-7,11-12,14H2,1-4H3;9-11,13H,3-8H2,1-2H3,(H,19,20,22);5-6,9-11,20H,3-4,7-8,12H2,1-2H3;2-4,7,12H,5-6,9-11H2,1H3;6,9-10,17H,4-5,7-8,11H2,1-3H3;;;;;/q-1;;;-1;;;;;;/p-2. The predicted octanol–water partition coefficient (Wildman–Crippen LogP) is 22.5. The van der Waals surface area contributed by atoms with E-state index >= 15 is 0 Å². The van der Waals surface area contributed by atoms with E-state index in [9.17, 15) is 5.11 Å². The minimum atomic E-state index is -0.841. The molecule has 0 saturated heterocycles. The van der Waals surface area contributed by atoms with Crippen LogP contribution in [0.1, 0.15) is 274 Å². The molecule has 106 heavy (non-hydrogen) atoms. The third-order valence-electron chi connectivity index (χ3n) is 23.1. The Morgan fingerprint density at radius 2 is 1.25 bits per heavy atom. The molecule has 0 spiro atoms. The van der Waals surface area contributed by atoms with Crippen molar-refractivity contribution in [3.8, 4) is 33.8 Å². The van der Waals surface area contributed by atoms with E-state index in [0.29, 0.717) is 49.5 Å². The number of pyridine rings is 1. The summed E-state index contributed by atoms with van der Waals surface area (Å²) in [5.41, 5.74) is 11.2. The largest absolute Gasteiger partial charge is 0.779 e. The molecule has 0 amide bonds. The third kappa shape index (κ3) is 25.8. The van der Waals surface area contributed by atoms with Gasteiger partial charge in [0, 0.05) is 159 Å². The number of aryl methyl sites for hydroxylation is 2. The minimum Gasteiger partial charge on any atom is -0.779 e. The van der Waals surface area contributed by atoms with Gasteiger partial charge in [-0.2, -0.15) is 58.5 Å². The fraction of sp³-hybridized carbons (Fsp3) is 0.547. The molecule has 12 nitrogen and oxygen atoms in total. The van der Waals surface area contributed by atoms with Crippen LogP contribution < -0.4 is 4.74 Å². The van der Waals surface area contributed by atoms with Crippen LogP contribution in [0, 0.1) is 46.1 Å². The Morgan fingerprint density at radius 3 is 1.80 bits per heavy atom. The molecular weight excluding hydrogens is 1870 g/mol. The number of para-hydroxylation sites is 1.